The van der Waals surface area contributed by atoms with Crippen LogP contribution in [0.5, 0.6) is 0 Å². The normalized spacial score (nSPS) is 11.1. The summed E-state index contributed by atoms with van der Waals surface area (Å²) in [6.07, 6.45) is -0.969. The van der Waals surface area contributed by atoms with Gasteiger partial charge in [0.15, 0.2) is 0 Å². The Kier molecular flexibility index (Phi) is 5.02. The van der Waals surface area contributed by atoms with Crippen LogP contribution in [0, 0.1) is 5.41 Å². The predicted molar refractivity (Wildman–Crippen MR) is 53.6 cm³/mol. The summed E-state index contributed by atoms with van der Waals surface area (Å²) in [5, 5.41) is 6.91. The van der Waals surface area contributed by atoms with E-state index in [1.807, 2.05) is 0 Å². The van der Waals surface area contributed by atoms with Crippen LogP contribution in [0.4, 0.5) is 4.79 Å². The van der Waals surface area contributed by atoms with Crippen molar-refractivity contribution in [2.24, 2.45) is 5.73 Å². The average Bonchev–Trinajstić information content (AvgIpc) is 2.13. The number of nitrogens with two attached hydrogens (primary N) is 1. The van der Waals surface area contributed by atoms with Crippen LogP contribution in [0.1, 0.15) is 6.42 Å². The van der Waals surface area contributed by atoms with E-state index in [1.54, 1.807) is 4.72 Å². The van der Waals surface area contributed by atoms with Gasteiger partial charge in [-0.05, 0) is 0 Å². The first kappa shape index (κ1) is 13.7. The predicted octanol–water partition coefficient (Wildman–Crippen LogP) is -1.15. The molecule has 0 aromatic rings. The zero-order valence-corrected chi connectivity index (χ0v) is 9.30. The van der Waals surface area contributed by atoms with Crippen molar-refractivity contribution in [2.45, 2.75) is 6.42 Å². The first-order chi connectivity index (χ1) is 6.79. The maximum absolute atomic E-state index is 11.3. The Hall–Kier alpha value is -1.35. The van der Waals surface area contributed by atoms with E-state index in [1.165, 1.54) is 7.05 Å². The van der Waals surface area contributed by atoms with E-state index in [0.717, 1.165) is 11.4 Å². The number of amidine groups is 1. The van der Waals surface area contributed by atoms with Crippen molar-refractivity contribution < 1.29 is 17.9 Å². The summed E-state index contributed by atoms with van der Waals surface area (Å²) < 4.78 is 29.3. The van der Waals surface area contributed by atoms with Crippen molar-refractivity contribution >= 4 is 22.1 Å². The molecule has 4 N–H and O–H groups in total. The van der Waals surface area contributed by atoms with E-state index < -0.39 is 16.3 Å². The molecule has 9 heteroatoms. The first-order valence-electron chi connectivity index (χ1n) is 3.94. The first-order valence-corrected chi connectivity index (χ1v) is 5.38. The average molecular weight is 238 g/mol. The van der Waals surface area contributed by atoms with Crippen molar-refractivity contribution in [1.29, 1.82) is 5.41 Å². The number of rotatable bonds is 5. The zero-order valence-electron chi connectivity index (χ0n) is 8.48. The van der Waals surface area contributed by atoms with Crippen molar-refractivity contribution in [3.63, 3.8) is 0 Å². The third kappa shape index (κ3) is 5.18. The molecule has 0 fully saturated rings. The molecule has 0 unspecified atom stereocenters. The van der Waals surface area contributed by atoms with Crippen molar-refractivity contribution in [1.82, 2.24) is 9.03 Å². The SMILES string of the molecule is COC(=O)NS(=O)(=O)N(C)CCC(=N)N. The minimum Gasteiger partial charge on any atom is -0.452 e. The molecule has 0 aliphatic heterocycles. The quantitative estimate of drug-likeness (QED) is 0.411. The second-order valence-corrected chi connectivity index (χ2v) is 4.47. The second kappa shape index (κ2) is 5.51. The fraction of sp³-hybridized carbons (Fsp3) is 0.667. The lowest BCUT2D eigenvalue weighted by atomic mass is 10.4. The van der Waals surface area contributed by atoms with E-state index in [-0.39, 0.29) is 18.8 Å². The fourth-order valence-electron chi connectivity index (χ4n) is 0.623. The van der Waals surface area contributed by atoms with Gasteiger partial charge in [0.05, 0.1) is 12.9 Å². The smallest absolute Gasteiger partial charge is 0.421 e. The van der Waals surface area contributed by atoms with Gasteiger partial charge in [0.2, 0.25) is 0 Å². The number of carbonyl (C=O) groups is 1. The number of hydrogen-bond acceptors (Lipinski definition) is 5. The molecule has 15 heavy (non-hydrogen) atoms. The van der Waals surface area contributed by atoms with Gasteiger partial charge in [0, 0.05) is 20.0 Å². The zero-order chi connectivity index (χ0) is 12.1. The molecule has 0 radical (unpaired) electrons. The molecule has 0 aliphatic carbocycles. The Morgan fingerprint density at radius 1 is 1.60 bits per heavy atom. The lowest BCUT2D eigenvalue weighted by Gasteiger charge is -2.16. The Bertz CT molecular complexity index is 339. The second-order valence-electron chi connectivity index (χ2n) is 2.70. The molecule has 0 heterocycles. The Balaban J connectivity index is 4.33. The number of nitrogens with zero attached hydrogens (tertiary/aromatic N) is 1. The molecule has 0 aliphatic rings. The molecular weight excluding hydrogens is 224 g/mol. The van der Waals surface area contributed by atoms with E-state index in [9.17, 15) is 13.2 Å². The van der Waals surface area contributed by atoms with Crippen LogP contribution in [0.2, 0.25) is 0 Å². The van der Waals surface area contributed by atoms with Crippen molar-refractivity contribution in [3.8, 4) is 0 Å². The minimum absolute atomic E-state index is 0.0155. The summed E-state index contributed by atoms with van der Waals surface area (Å²) in [4.78, 5) is 10.7. The van der Waals surface area contributed by atoms with Gasteiger partial charge >= 0.3 is 16.3 Å². The third-order valence-electron chi connectivity index (χ3n) is 1.50. The van der Waals surface area contributed by atoms with Crippen LogP contribution in [0.15, 0.2) is 0 Å². The van der Waals surface area contributed by atoms with Gasteiger partial charge in [0.1, 0.15) is 0 Å². The van der Waals surface area contributed by atoms with E-state index in [0.29, 0.717) is 0 Å². The molecule has 0 aromatic heterocycles. The van der Waals surface area contributed by atoms with Gasteiger partial charge in [-0.15, -0.1) is 0 Å². The fourth-order valence-corrected chi connectivity index (χ4v) is 1.40. The van der Waals surface area contributed by atoms with E-state index >= 15 is 0 Å². The highest BCUT2D eigenvalue weighted by molar-refractivity contribution is 7.87. The van der Waals surface area contributed by atoms with Gasteiger partial charge in [0.25, 0.3) is 0 Å². The lowest BCUT2D eigenvalue weighted by molar-refractivity contribution is 0.177. The molecule has 0 spiro atoms. The standard InChI is InChI=1S/C6H14N4O4S/c1-10(4-3-5(7)8)15(12,13)9-6(11)14-2/h3-4H2,1-2H3,(H3,7,8)(H,9,11). The number of nitrogens with one attached hydrogen (secondary N) is 2. The minimum atomic E-state index is -3.91. The van der Waals surface area contributed by atoms with Crippen molar-refractivity contribution in [2.75, 3.05) is 20.7 Å². The molecule has 8 nitrogen and oxygen atoms in total. The highest BCUT2D eigenvalue weighted by Gasteiger charge is 2.20. The molecule has 1 amide bonds. The largest absolute Gasteiger partial charge is 0.452 e. The topological polar surface area (TPSA) is 126 Å². The summed E-state index contributed by atoms with van der Waals surface area (Å²) in [5.41, 5.74) is 5.06. The van der Waals surface area contributed by atoms with Crippen molar-refractivity contribution in [3.05, 3.63) is 0 Å². The van der Waals surface area contributed by atoms with Gasteiger partial charge in [-0.1, -0.05) is 0 Å². The molecule has 88 valence electrons. The maximum Gasteiger partial charge on any atom is 0.421 e. The van der Waals surface area contributed by atoms with Crippen LogP contribution in [0.25, 0.3) is 0 Å². The molecular formula is C6H14N4O4S. The van der Waals surface area contributed by atoms with Gasteiger partial charge in [-0.3, -0.25) is 5.41 Å². The molecule has 0 atom stereocenters. The van der Waals surface area contributed by atoms with Crippen LogP contribution in [-0.4, -0.2) is 45.4 Å². The van der Waals surface area contributed by atoms with Crippen LogP contribution < -0.4 is 10.5 Å². The van der Waals surface area contributed by atoms with E-state index in [2.05, 4.69) is 4.74 Å². The number of methoxy groups -OCH3 is 1. The summed E-state index contributed by atoms with van der Waals surface area (Å²) in [5.74, 6) is -0.130. The number of hydrogen-bond donors (Lipinski definition) is 3. The Morgan fingerprint density at radius 3 is 2.53 bits per heavy atom. The Labute approximate surface area is 88.1 Å². The molecule has 0 aromatic carbocycles. The summed E-state index contributed by atoms with van der Waals surface area (Å²) in [7, 11) is -1.60. The molecule has 0 rings (SSSR count). The summed E-state index contributed by atoms with van der Waals surface area (Å²) in [6, 6.07) is 0. The van der Waals surface area contributed by atoms with Gasteiger partial charge in [-0.2, -0.15) is 12.7 Å². The Morgan fingerprint density at radius 2 is 2.13 bits per heavy atom. The highest BCUT2D eigenvalue weighted by atomic mass is 32.2. The van der Waals surface area contributed by atoms with Crippen LogP contribution in [-0.2, 0) is 14.9 Å². The van der Waals surface area contributed by atoms with Crippen LogP contribution in [0.3, 0.4) is 0 Å². The number of ether oxygens (including phenoxy) is 1. The van der Waals surface area contributed by atoms with Crippen LogP contribution >= 0.6 is 0 Å². The molecule has 0 saturated carbocycles. The summed E-state index contributed by atoms with van der Waals surface area (Å²) >= 11 is 0. The van der Waals surface area contributed by atoms with E-state index in [4.69, 9.17) is 11.1 Å². The molecule has 0 bridgehead atoms. The summed E-state index contributed by atoms with van der Waals surface area (Å²) in [6.45, 7) is 0.0155. The maximum atomic E-state index is 11.3. The van der Waals surface area contributed by atoms with Gasteiger partial charge < -0.3 is 10.5 Å². The third-order valence-corrected chi connectivity index (χ3v) is 2.93. The van der Waals surface area contributed by atoms with Gasteiger partial charge in [-0.25, -0.2) is 9.52 Å². The number of amides is 1. The number of carbonyl (C=O) groups excluding carboxylic acids is 1. The molecule has 0 saturated heterocycles. The highest BCUT2D eigenvalue weighted by Crippen LogP contribution is 1.95. The lowest BCUT2D eigenvalue weighted by Crippen LogP contribution is -2.42. The monoisotopic (exact) mass is 238 g/mol.